The molecule has 2 aromatic heterocycles. The fourth-order valence-corrected chi connectivity index (χ4v) is 5.83. The van der Waals surface area contributed by atoms with Crippen LogP contribution >= 0.6 is 22.7 Å². The van der Waals surface area contributed by atoms with Gasteiger partial charge in [-0.25, -0.2) is 4.98 Å². The van der Waals surface area contributed by atoms with E-state index in [1.165, 1.54) is 27.4 Å². The van der Waals surface area contributed by atoms with Crippen LogP contribution in [0.2, 0.25) is 0 Å². The minimum Gasteiger partial charge on any atom is -0.369 e. The molecule has 0 bridgehead atoms. The Morgan fingerprint density at radius 2 is 1.44 bits per heavy atom. The maximum atomic E-state index is 11.6. The highest BCUT2D eigenvalue weighted by Crippen LogP contribution is 2.25. The smallest absolute Gasteiger partial charge is 0.307 e. The van der Waals surface area contributed by atoms with Crippen molar-refractivity contribution in [1.82, 2.24) is 20.2 Å². The first kappa shape index (κ1) is 21.4. The summed E-state index contributed by atoms with van der Waals surface area (Å²) in [5, 5.41) is 6.71. The van der Waals surface area contributed by atoms with Crippen LogP contribution in [-0.2, 0) is 7.05 Å². The van der Waals surface area contributed by atoms with Gasteiger partial charge in [0.05, 0.1) is 25.9 Å². The molecule has 2 saturated heterocycles. The zero-order chi connectivity index (χ0) is 21.9. The highest BCUT2D eigenvalue weighted by atomic mass is 32.1. The molecule has 0 radical (unpaired) electrons. The van der Waals surface area contributed by atoms with E-state index in [1.807, 2.05) is 18.6 Å². The number of fused-ring (bicyclic) bond motifs is 2. The summed E-state index contributed by atoms with van der Waals surface area (Å²) in [6.07, 6.45) is 0. The molecule has 2 aliphatic rings. The lowest BCUT2D eigenvalue weighted by molar-refractivity contribution is 0.589. The molecular weight excluding hydrogens is 440 g/mol. The number of nitrogens with zero attached hydrogens (tertiary/aromatic N) is 4. The molecule has 168 valence electrons. The summed E-state index contributed by atoms with van der Waals surface area (Å²) in [4.78, 5) is 20.8. The average Bonchev–Trinajstić information content (AvgIpc) is 3.44. The van der Waals surface area contributed by atoms with Gasteiger partial charge in [0.2, 0.25) is 0 Å². The fraction of sp³-hybridized carbons (Fsp3) is 0.391. The fourth-order valence-electron chi connectivity index (χ4n) is 4.21. The van der Waals surface area contributed by atoms with Gasteiger partial charge in [0.1, 0.15) is 0 Å². The number of rotatable bonds is 2. The normalized spacial score (nSPS) is 16.9. The zero-order valence-electron chi connectivity index (χ0n) is 18.2. The van der Waals surface area contributed by atoms with Crippen LogP contribution in [0.1, 0.15) is 0 Å². The number of aryl methyl sites for hydroxylation is 1. The third-order valence-electron chi connectivity index (χ3n) is 6.06. The molecular formula is C23H28N6OS2. The zero-order valence-corrected chi connectivity index (χ0v) is 19.8. The minimum absolute atomic E-state index is 0.109. The first-order chi connectivity index (χ1) is 15.7. The van der Waals surface area contributed by atoms with Gasteiger partial charge in [0.25, 0.3) is 0 Å². The Morgan fingerprint density at radius 1 is 0.844 bits per heavy atom. The van der Waals surface area contributed by atoms with Crippen LogP contribution in [0.15, 0.2) is 46.7 Å². The van der Waals surface area contributed by atoms with E-state index >= 15 is 0 Å². The second-order valence-electron chi connectivity index (χ2n) is 8.06. The third-order valence-corrected chi connectivity index (χ3v) is 7.84. The predicted octanol–water partition coefficient (Wildman–Crippen LogP) is 2.72. The summed E-state index contributed by atoms with van der Waals surface area (Å²) in [6.45, 7) is 8.50. The Kier molecular flexibility index (Phi) is 6.40. The van der Waals surface area contributed by atoms with E-state index in [9.17, 15) is 4.79 Å². The summed E-state index contributed by atoms with van der Waals surface area (Å²) < 4.78 is 4.07. The lowest BCUT2D eigenvalue weighted by Gasteiger charge is -2.29. The van der Waals surface area contributed by atoms with Crippen molar-refractivity contribution in [2.45, 2.75) is 0 Å². The van der Waals surface area contributed by atoms with E-state index in [0.717, 1.165) is 68.1 Å². The van der Waals surface area contributed by atoms with Gasteiger partial charge in [-0.2, -0.15) is 0 Å². The molecule has 6 rings (SSSR count). The van der Waals surface area contributed by atoms with Crippen LogP contribution < -0.4 is 25.3 Å². The Bertz CT molecular complexity index is 1250. The summed E-state index contributed by atoms with van der Waals surface area (Å²) in [5.74, 6) is 0. The quantitative estimate of drug-likeness (QED) is 0.472. The molecule has 2 aromatic carbocycles. The number of nitrogens with one attached hydrogen (secondary N) is 2. The predicted molar refractivity (Wildman–Crippen MR) is 137 cm³/mol. The number of anilines is 2. The van der Waals surface area contributed by atoms with Crippen LogP contribution in [0.25, 0.3) is 20.4 Å². The average molecular weight is 469 g/mol. The molecule has 9 heteroatoms. The van der Waals surface area contributed by atoms with E-state index < -0.39 is 0 Å². The molecule has 0 atom stereocenters. The highest BCUT2D eigenvalue weighted by Gasteiger charge is 2.13. The summed E-state index contributed by atoms with van der Waals surface area (Å²) in [6, 6.07) is 12.8. The lowest BCUT2D eigenvalue weighted by atomic mass is 10.2. The van der Waals surface area contributed by atoms with Crippen LogP contribution in [0.4, 0.5) is 11.4 Å². The van der Waals surface area contributed by atoms with Gasteiger partial charge < -0.3 is 25.0 Å². The van der Waals surface area contributed by atoms with E-state index in [2.05, 4.69) is 55.7 Å². The number of thiazole rings is 2. The monoisotopic (exact) mass is 468 g/mol. The second-order valence-corrected chi connectivity index (χ2v) is 9.94. The minimum atomic E-state index is 0.109. The second kappa shape index (κ2) is 9.58. The van der Waals surface area contributed by atoms with Gasteiger partial charge in [-0.1, -0.05) is 11.3 Å². The van der Waals surface area contributed by atoms with Crippen molar-refractivity contribution in [1.29, 1.82) is 0 Å². The molecule has 2 aliphatic heterocycles. The van der Waals surface area contributed by atoms with Gasteiger partial charge in [0.15, 0.2) is 0 Å². The van der Waals surface area contributed by atoms with Gasteiger partial charge in [0, 0.05) is 70.8 Å². The summed E-state index contributed by atoms with van der Waals surface area (Å²) in [7, 11) is 1.83. The van der Waals surface area contributed by atoms with Crippen LogP contribution in [0.5, 0.6) is 0 Å². The maximum absolute atomic E-state index is 11.6. The largest absolute Gasteiger partial charge is 0.369 e. The molecule has 4 heterocycles. The third kappa shape index (κ3) is 4.52. The molecule has 0 unspecified atom stereocenters. The Morgan fingerprint density at radius 3 is 2.09 bits per heavy atom. The molecule has 0 amide bonds. The number of aromatic nitrogens is 2. The van der Waals surface area contributed by atoms with E-state index in [1.54, 1.807) is 15.9 Å². The first-order valence-corrected chi connectivity index (χ1v) is 12.7. The van der Waals surface area contributed by atoms with Crippen molar-refractivity contribution in [3.8, 4) is 0 Å². The molecule has 7 nitrogen and oxygen atoms in total. The maximum Gasteiger partial charge on any atom is 0.307 e. The van der Waals surface area contributed by atoms with E-state index in [0.29, 0.717) is 0 Å². The Labute approximate surface area is 195 Å². The SMILES string of the molecule is Cn1c(=O)sc2cc(N3CCNCC3)ccc21.c1nc2ccc(N3CCNCC3)cc2s1. The highest BCUT2D eigenvalue weighted by molar-refractivity contribution is 7.17. The number of benzene rings is 2. The lowest BCUT2D eigenvalue weighted by Crippen LogP contribution is -2.43. The summed E-state index contributed by atoms with van der Waals surface area (Å²) >= 11 is 3.03. The number of hydrogen-bond donors (Lipinski definition) is 2. The number of hydrogen-bond acceptors (Lipinski definition) is 8. The molecule has 0 saturated carbocycles. The molecule has 2 fully saturated rings. The Hall–Kier alpha value is -2.46. The van der Waals surface area contributed by atoms with Crippen molar-refractivity contribution in [2.24, 2.45) is 7.05 Å². The molecule has 2 N–H and O–H groups in total. The first-order valence-electron chi connectivity index (χ1n) is 11.0. The molecule has 0 spiro atoms. The summed E-state index contributed by atoms with van der Waals surface area (Å²) in [5.41, 5.74) is 6.60. The van der Waals surface area contributed by atoms with Crippen molar-refractivity contribution >= 4 is 54.5 Å². The topological polar surface area (TPSA) is 65.4 Å². The van der Waals surface area contributed by atoms with E-state index in [-0.39, 0.29) is 4.87 Å². The van der Waals surface area contributed by atoms with Crippen molar-refractivity contribution in [2.75, 3.05) is 62.2 Å². The molecule has 4 aromatic rings. The standard InChI is InChI=1S/C12H15N3OS.C11H13N3S/c1-14-10-3-2-9(8-11(10)17-12(14)16)15-6-4-13-5-7-15;1-2-10-11(15-8-13-10)7-9(1)14-5-3-12-4-6-14/h2-3,8,13H,4-7H2,1H3;1-2,7-8,12H,3-6H2. The van der Waals surface area contributed by atoms with Gasteiger partial charge >= 0.3 is 4.87 Å². The van der Waals surface area contributed by atoms with Crippen LogP contribution in [0, 0.1) is 0 Å². The Balaban J connectivity index is 0.000000136. The van der Waals surface area contributed by atoms with Crippen molar-refractivity contribution < 1.29 is 0 Å². The van der Waals surface area contributed by atoms with Crippen molar-refractivity contribution in [3.63, 3.8) is 0 Å². The van der Waals surface area contributed by atoms with Gasteiger partial charge in [-0.05, 0) is 36.4 Å². The molecule has 0 aliphatic carbocycles. The van der Waals surface area contributed by atoms with E-state index in [4.69, 9.17) is 0 Å². The van der Waals surface area contributed by atoms with Crippen molar-refractivity contribution in [3.05, 3.63) is 51.6 Å². The molecule has 32 heavy (non-hydrogen) atoms. The van der Waals surface area contributed by atoms with Gasteiger partial charge in [-0.15, -0.1) is 11.3 Å². The van der Waals surface area contributed by atoms with Gasteiger partial charge in [-0.3, -0.25) is 4.79 Å². The number of piperazine rings is 2. The van der Waals surface area contributed by atoms with Crippen LogP contribution in [0.3, 0.4) is 0 Å². The van der Waals surface area contributed by atoms with Crippen LogP contribution in [-0.4, -0.2) is 61.9 Å².